The quantitative estimate of drug-likeness (QED) is 0.661. The molecule has 0 aromatic carbocycles. The van der Waals surface area contributed by atoms with Crippen molar-refractivity contribution in [3.05, 3.63) is 27.0 Å². The number of hydrogen-bond donors (Lipinski definition) is 1. The lowest BCUT2D eigenvalue weighted by Gasteiger charge is -2.00. The third kappa shape index (κ3) is 2.86. The molecule has 1 heterocycles. The number of nitriles is 1. The molecule has 74 valence electrons. The molecule has 1 rings (SSSR count). The second-order valence-corrected chi connectivity index (χ2v) is 2.78. The highest BCUT2D eigenvalue weighted by Gasteiger charge is 1.96. The summed E-state index contributed by atoms with van der Waals surface area (Å²) in [7, 11) is 0. The topological polar surface area (TPSA) is 91.5 Å². The summed E-state index contributed by atoms with van der Waals surface area (Å²) in [5.41, 5.74) is -1.00. The van der Waals surface area contributed by atoms with Crippen LogP contribution in [-0.2, 0) is 6.54 Å². The van der Waals surface area contributed by atoms with Gasteiger partial charge in [-0.05, 0) is 12.8 Å². The molecule has 1 aromatic heterocycles. The van der Waals surface area contributed by atoms with E-state index in [0.717, 1.165) is 12.6 Å². The maximum absolute atomic E-state index is 11.1. The van der Waals surface area contributed by atoms with Gasteiger partial charge in [-0.1, -0.05) is 0 Å². The van der Waals surface area contributed by atoms with Crippen LogP contribution in [0.4, 0.5) is 0 Å². The van der Waals surface area contributed by atoms with Crippen LogP contribution in [0, 0.1) is 11.3 Å². The first kappa shape index (κ1) is 10.2. The number of unbranched alkanes of at least 4 members (excludes halogenated alkanes) is 2. The molecule has 0 aliphatic carbocycles. The summed E-state index contributed by atoms with van der Waals surface area (Å²) in [4.78, 5) is 23.8. The number of H-pyrrole nitrogens is 1. The van der Waals surface area contributed by atoms with E-state index >= 15 is 0 Å². The van der Waals surface area contributed by atoms with Gasteiger partial charge in [0.25, 0.3) is 5.56 Å². The summed E-state index contributed by atoms with van der Waals surface area (Å²) >= 11 is 0. The Kier molecular flexibility index (Phi) is 3.61. The number of rotatable bonds is 4. The van der Waals surface area contributed by atoms with Gasteiger partial charge in [0.1, 0.15) is 6.20 Å². The summed E-state index contributed by atoms with van der Waals surface area (Å²) in [5, 5.41) is 11.9. The monoisotopic (exact) mass is 194 g/mol. The molecule has 0 aliphatic rings. The van der Waals surface area contributed by atoms with Gasteiger partial charge in [0.15, 0.2) is 0 Å². The summed E-state index contributed by atoms with van der Waals surface area (Å²) in [6.45, 7) is 0.428. The molecule has 14 heavy (non-hydrogen) atoms. The average Bonchev–Trinajstić information content (AvgIpc) is 2.15. The summed E-state index contributed by atoms with van der Waals surface area (Å²) in [6.07, 6.45) is 2.96. The van der Waals surface area contributed by atoms with Crippen molar-refractivity contribution in [1.82, 2.24) is 14.8 Å². The van der Waals surface area contributed by atoms with Crippen LogP contribution in [0.2, 0.25) is 0 Å². The van der Waals surface area contributed by atoms with E-state index in [0.29, 0.717) is 19.4 Å². The Bertz CT molecular complexity index is 440. The number of aryl methyl sites for hydroxylation is 1. The van der Waals surface area contributed by atoms with E-state index in [4.69, 9.17) is 5.26 Å². The van der Waals surface area contributed by atoms with Crippen LogP contribution in [0.1, 0.15) is 19.3 Å². The zero-order chi connectivity index (χ0) is 10.4. The van der Waals surface area contributed by atoms with Gasteiger partial charge in [0.2, 0.25) is 0 Å². The zero-order valence-corrected chi connectivity index (χ0v) is 7.56. The van der Waals surface area contributed by atoms with Crippen molar-refractivity contribution in [3.8, 4) is 6.07 Å². The highest BCUT2D eigenvalue weighted by atomic mass is 16.2. The average molecular weight is 194 g/mol. The minimum atomic E-state index is -0.505. The Morgan fingerprint density at radius 2 is 2.29 bits per heavy atom. The lowest BCUT2D eigenvalue weighted by molar-refractivity contribution is 0.518. The van der Waals surface area contributed by atoms with Crippen LogP contribution in [0.15, 0.2) is 15.8 Å². The molecule has 6 heteroatoms. The molecule has 6 nitrogen and oxygen atoms in total. The van der Waals surface area contributed by atoms with Gasteiger partial charge in [0.05, 0.1) is 6.07 Å². The molecule has 0 amide bonds. The molecule has 0 atom stereocenters. The second-order valence-electron chi connectivity index (χ2n) is 2.78. The van der Waals surface area contributed by atoms with Crippen LogP contribution in [0.25, 0.3) is 0 Å². The van der Waals surface area contributed by atoms with E-state index < -0.39 is 11.2 Å². The molecule has 0 radical (unpaired) electrons. The highest BCUT2D eigenvalue weighted by Crippen LogP contribution is 1.94. The Morgan fingerprint density at radius 1 is 1.50 bits per heavy atom. The second kappa shape index (κ2) is 4.97. The van der Waals surface area contributed by atoms with E-state index in [1.165, 1.54) is 4.68 Å². The van der Waals surface area contributed by atoms with Gasteiger partial charge in [-0.15, -0.1) is 0 Å². The van der Waals surface area contributed by atoms with Crippen LogP contribution in [0.3, 0.4) is 0 Å². The van der Waals surface area contributed by atoms with E-state index in [-0.39, 0.29) is 0 Å². The first-order chi connectivity index (χ1) is 6.74. The van der Waals surface area contributed by atoms with E-state index in [1.807, 2.05) is 6.07 Å². The van der Waals surface area contributed by atoms with E-state index in [9.17, 15) is 9.59 Å². The van der Waals surface area contributed by atoms with Gasteiger partial charge < -0.3 is 0 Å². The van der Waals surface area contributed by atoms with Crippen molar-refractivity contribution in [3.63, 3.8) is 0 Å². The summed E-state index contributed by atoms with van der Waals surface area (Å²) in [5.74, 6) is 0. The van der Waals surface area contributed by atoms with E-state index in [1.54, 1.807) is 0 Å². The van der Waals surface area contributed by atoms with Crippen LogP contribution in [0.5, 0.6) is 0 Å². The molecule has 0 spiro atoms. The van der Waals surface area contributed by atoms with Crippen molar-refractivity contribution < 1.29 is 0 Å². The predicted octanol–water partition coefficient (Wildman–Crippen LogP) is -0.375. The van der Waals surface area contributed by atoms with Gasteiger partial charge in [-0.25, -0.2) is 9.48 Å². The van der Waals surface area contributed by atoms with Crippen LogP contribution < -0.4 is 11.2 Å². The molecule has 0 unspecified atom stereocenters. The van der Waals surface area contributed by atoms with Gasteiger partial charge in [-0.3, -0.25) is 9.78 Å². The first-order valence-electron chi connectivity index (χ1n) is 4.27. The van der Waals surface area contributed by atoms with E-state index in [2.05, 4.69) is 10.1 Å². The molecule has 0 saturated carbocycles. The molecule has 1 aromatic rings. The van der Waals surface area contributed by atoms with Gasteiger partial charge in [-0.2, -0.15) is 10.4 Å². The van der Waals surface area contributed by atoms with Crippen molar-refractivity contribution in [2.24, 2.45) is 0 Å². The largest absolute Gasteiger partial charge is 0.344 e. The maximum atomic E-state index is 11.1. The fourth-order valence-corrected chi connectivity index (χ4v) is 1.00. The van der Waals surface area contributed by atoms with Gasteiger partial charge >= 0.3 is 5.69 Å². The van der Waals surface area contributed by atoms with Crippen LogP contribution >= 0.6 is 0 Å². The smallest absolute Gasteiger partial charge is 0.271 e. The minimum Gasteiger partial charge on any atom is -0.271 e. The maximum Gasteiger partial charge on any atom is 0.344 e. The third-order valence-corrected chi connectivity index (χ3v) is 1.69. The zero-order valence-electron chi connectivity index (χ0n) is 7.56. The van der Waals surface area contributed by atoms with Crippen LogP contribution in [-0.4, -0.2) is 14.8 Å². The lowest BCUT2D eigenvalue weighted by atomic mass is 10.2. The molecule has 0 saturated heterocycles. The normalized spacial score (nSPS) is 9.64. The number of nitrogens with zero attached hydrogens (tertiary/aromatic N) is 3. The third-order valence-electron chi connectivity index (χ3n) is 1.69. The number of hydrogen-bond acceptors (Lipinski definition) is 4. The van der Waals surface area contributed by atoms with Crippen molar-refractivity contribution >= 4 is 0 Å². The highest BCUT2D eigenvalue weighted by molar-refractivity contribution is 4.70. The Balaban J connectivity index is 2.56. The molecule has 0 aliphatic heterocycles. The lowest BCUT2D eigenvalue weighted by Crippen LogP contribution is -2.31. The minimum absolute atomic E-state index is 0.428. The number of aromatic nitrogens is 3. The fourth-order valence-electron chi connectivity index (χ4n) is 1.00. The Hall–Kier alpha value is -1.90. The Morgan fingerprint density at radius 3 is 2.93 bits per heavy atom. The van der Waals surface area contributed by atoms with Crippen molar-refractivity contribution in [1.29, 1.82) is 5.26 Å². The molecular formula is C8H10N4O2. The fraction of sp³-hybridized carbons (Fsp3) is 0.500. The SMILES string of the molecule is N#CCCCCn1ncc(=O)[nH]c1=O. The predicted molar refractivity (Wildman–Crippen MR) is 48.6 cm³/mol. The molecule has 0 bridgehead atoms. The van der Waals surface area contributed by atoms with Crippen molar-refractivity contribution in [2.45, 2.75) is 25.8 Å². The number of aromatic amines is 1. The first-order valence-corrected chi connectivity index (χ1v) is 4.27. The molecular weight excluding hydrogens is 184 g/mol. The van der Waals surface area contributed by atoms with Gasteiger partial charge in [0, 0.05) is 13.0 Å². The Labute approximate surface area is 79.8 Å². The molecule has 1 N–H and O–H groups in total. The van der Waals surface area contributed by atoms with Crippen molar-refractivity contribution in [2.75, 3.05) is 0 Å². The standard InChI is InChI=1S/C8H10N4O2/c9-4-2-1-3-5-12-8(14)11-7(13)6-10-12/h6H,1-3,5H2,(H,11,13,14). The molecule has 0 fully saturated rings. The number of nitrogens with one attached hydrogen (secondary N) is 1. The summed E-state index contributed by atoms with van der Waals surface area (Å²) in [6, 6.07) is 2.01. The summed E-state index contributed by atoms with van der Waals surface area (Å²) < 4.78 is 1.18.